The summed E-state index contributed by atoms with van der Waals surface area (Å²) in [5, 5.41) is 8.71. The van der Waals surface area contributed by atoms with E-state index in [0.29, 0.717) is 5.82 Å². The smallest absolute Gasteiger partial charge is 0.311 e. The Balaban J connectivity index is 2.39. The van der Waals surface area contributed by atoms with Gasteiger partial charge in [0, 0.05) is 15.7 Å². The van der Waals surface area contributed by atoms with E-state index in [9.17, 15) is 4.79 Å². The molecule has 0 saturated heterocycles. The zero-order valence-corrected chi connectivity index (χ0v) is 10.8. The van der Waals surface area contributed by atoms with Crippen molar-refractivity contribution in [3.05, 3.63) is 40.3 Å². The van der Waals surface area contributed by atoms with Crippen LogP contribution in [0.2, 0.25) is 0 Å². The highest BCUT2D eigenvalue weighted by Gasteiger charge is 2.11. The normalized spacial score (nSPS) is 10.5. The Morgan fingerprint density at radius 3 is 2.94 bits per heavy atom. The van der Waals surface area contributed by atoms with Gasteiger partial charge in [0.1, 0.15) is 12.2 Å². The summed E-state index contributed by atoms with van der Waals surface area (Å²) < 4.78 is 0.970. The summed E-state index contributed by atoms with van der Waals surface area (Å²) >= 11 is 3.40. The van der Waals surface area contributed by atoms with Crippen LogP contribution in [-0.2, 0) is 11.2 Å². The number of nitrogens with one attached hydrogen (secondary N) is 1. The molecule has 0 unspecified atom stereocenters. The zero-order chi connectivity index (χ0) is 12.4. The highest BCUT2D eigenvalue weighted by atomic mass is 79.9. The summed E-state index contributed by atoms with van der Waals surface area (Å²) in [5.74, 6) is -0.412. The molecule has 0 aliphatic carbocycles. The van der Waals surface area contributed by atoms with Crippen LogP contribution in [0.4, 0.5) is 0 Å². The highest BCUT2D eigenvalue weighted by molar-refractivity contribution is 9.10. The zero-order valence-electron chi connectivity index (χ0n) is 9.20. The molecule has 0 fully saturated rings. The maximum absolute atomic E-state index is 10.6. The molecule has 2 N–H and O–H groups in total. The number of aromatic amines is 1. The van der Waals surface area contributed by atoms with Gasteiger partial charge >= 0.3 is 5.97 Å². The van der Waals surface area contributed by atoms with E-state index in [1.54, 1.807) is 0 Å². The highest BCUT2D eigenvalue weighted by Crippen LogP contribution is 2.24. The average molecular weight is 295 g/mol. The van der Waals surface area contributed by atoms with Crippen LogP contribution in [0.3, 0.4) is 0 Å². The van der Waals surface area contributed by atoms with E-state index in [-0.39, 0.29) is 6.42 Å². The van der Waals surface area contributed by atoms with Crippen molar-refractivity contribution in [1.82, 2.24) is 9.97 Å². The molecule has 5 heteroatoms. The first kappa shape index (κ1) is 11.9. The van der Waals surface area contributed by atoms with Crippen LogP contribution in [0.5, 0.6) is 0 Å². The summed E-state index contributed by atoms with van der Waals surface area (Å²) in [6, 6.07) is 7.75. The summed E-state index contributed by atoms with van der Waals surface area (Å²) in [4.78, 5) is 17.9. The quantitative estimate of drug-likeness (QED) is 0.915. The van der Waals surface area contributed by atoms with Crippen LogP contribution in [0.25, 0.3) is 11.3 Å². The average Bonchev–Trinajstić information content (AvgIpc) is 2.58. The molecule has 88 valence electrons. The maximum Gasteiger partial charge on any atom is 0.311 e. The Morgan fingerprint density at radius 1 is 1.53 bits per heavy atom. The number of benzene rings is 1. The van der Waals surface area contributed by atoms with E-state index >= 15 is 0 Å². The number of aliphatic carboxylic acids is 1. The number of carbonyl (C=O) groups is 1. The molecule has 1 aromatic heterocycles. The molecule has 0 radical (unpaired) electrons. The van der Waals surface area contributed by atoms with Crippen molar-refractivity contribution in [3.63, 3.8) is 0 Å². The van der Waals surface area contributed by atoms with Crippen LogP contribution in [0, 0.1) is 6.92 Å². The van der Waals surface area contributed by atoms with Gasteiger partial charge in [-0.3, -0.25) is 4.79 Å². The summed E-state index contributed by atoms with van der Waals surface area (Å²) in [7, 11) is 0. The van der Waals surface area contributed by atoms with Gasteiger partial charge in [0.25, 0.3) is 0 Å². The fourth-order valence-electron chi connectivity index (χ4n) is 1.67. The van der Waals surface area contributed by atoms with Crippen molar-refractivity contribution < 1.29 is 9.90 Å². The topological polar surface area (TPSA) is 66.0 Å². The first-order valence-corrected chi connectivity index (χ1v) is 5.89. The lowest BCUT2D eigenvalue weighted by atomic mass is 10.1. The third kappa shape index (κ3) is 2.74. The standard InChI is InChI=1S/C12H11BrN2O2/c1-7-12(8-3-2-4-9(13)5-8)15-10(14-7)6-11(16)17/h2-5H,6H2,1H3,(H,14,15)(H,16,17). The number of H-pyrrole nitrogens is 1. The molecular formula is C12H11BrN2O2. The lowest BCUT2D eigenvalue weighted by Gasteiger charge is -1.98. The van der Waals surface area contributed by atoms with Gasteiger partial charge in [0.2, 0.25) is 0 Å². The van der Waals surface area contributed by atoms with Gasteiger partial charge in [0.05, 0.1) is 5.69 Å². The summed E-state index contributed by atoms with van der Waals surface area (Å²) in [6.07, 6.45) is -0.0884. The van der Waals surface area contributed by atoms with Crippen molar-refractivity contribution in [2.45, 2.75) is 13.3 Å². The van der Waals surface area contributed by atoms with Gasteiger partial charge in [-0.25, -0.2) is 4.98 Å². The van der Waals surface area contributed by atoms with Crippen LogP contribution < -0.4 is 0 Å². The minimum absolute atomic E-state index is 0.0884. The van der Waals surface area contributed by atoms with Gasteiger partial charge in [-0.2, -0.15) is 0 Å². The van der Waals surface area contributed by atoms with Crippen molar-refractivity contribution in [2.75, 3.05) is 0 Å². The van der Waals surface area contributed by atoms with Gasteiger partial charge in [-0.05, 0) is 19.1 Å². The third-order valence-electron chi connectivity index (χ3n) is 2.35. The largest absolute Gasteiger partial charge is 0.481 e. The molecule has 2 rings (SSSR count). The summed E-state index contributed by atoms with van der Waals surface area (Å²) in [5.41, 5.74) is 2.63. The fourth-order valence-corrected chi connectivity index (χ4v) is 2.07. The van der Waals surface area contributed by atoms with Gasteiger partial charge in [0.15, 0.2) is 0 Å². The fraction of sp³-hybridized carbons (Fsp3) is 0.167. The van der Waals surface area contributed by atoms with E-state index in [0.717, 1.165) is 21.4 Å². The number of hydrogen-bond acceptors (Lipinski definition) is 2. The molecule has 1 aromatic carbocycles. The van der Waals surface area contributed by atoms with Crippen LogP contribution in [0.15, 0.2) is 28.7 Å². The molecule has 17 heavy (non-hydrogen) atoms. The van der Waals surface area contributed by atoms with E-state index in [1.165, 1.54) is 0 Å². The van der Waals surface area contributed by atoms with Crippen LogP contribution in [-0.4, -0.2) is 21.0 Å². The molecule has 0 spiro atoms. The lowest BCUT2D eigenvalue weighted by Crippen LogP contribution is -2.01. The second kappa shape index (κ2) is 4.71. The lowest BCUT2D eigenvalue weighted by molar-refractivity contribution is -0.136. The molecule has 0 bridgehead atoms. The predicted molar refractivity (Wildman–Crippen MR) is 67.8 cm³/mol. The van der Waals surface area contributed by atoms with E-state index in [1.807, 2.05) is 31.2 Å². The van der Waals surface area contributed by atoms with E-state index in [4.69, 9.17) is 5.11 Å². The number of nitrogens with zero attached hydrogens (tertiary/aromatic N) is 1. The predicted octanol–water partition coefficient (Wildman–Crippen LogP) is 2.77. The maximum atomic E-state index is 10.6. The Hall–Kier alpha value is -1.62. The SMILES string of the molecule is Cc1[nH]c(CC(=O)O)nc1-c1cccc(Br)c1. The summed E-state index contributed by atoms with van der Waals surface area (Å²) in [6.45, 7) is 1.88. The van der Waals surface area contributed by atoms with Crippen molar-refractivity contribution in [1.29, 1.82) is 0 Å². The first-order valence-electron chi connectivity index (χ1n) is 5.09. The molecule has 4 nitrogen and oxygen atoms in total. The van der Waals surface area contributed by atoms with Gasteiger partial charge in [-0.1, -0.05) is 28.1 Å². The second-order valence-electron chi connectivity index (χ2n) is 3.74. The Bertz CT molecular complexity index is 563. The number of aryl methyl sites for hydroxylation is 1. The first-order chi connectivity index (χ1) is 8.06. The van der Waals surface area contributed by atoms with Crippen LogP contribution in [0.1, 0.15) is 11.5 Å². The Kier molecular flexibility index (Phi) is 3.28. The van der Waals surface area contributed by atoms with Crippen molar-refractivity contribution >= 4 is 21.9 Å². The monoisotopic (exact) mass is 294 g/mol. The second-order valence-corrected chi connectivity index (χ2v) is 4.65. The van der Waals surface area contributed by atoms with E-state index in [2.05, 4.69) is 25.9 Å². The Morgan fingerprint density at radius 2 is 2.29 bits per heavy atom. The number of imidazole rings is 1. The molecule has 0 saturated carbocycles. The van der Waals surface area contributed by atoms with Gasteiger partial charge < -0.3 is 10.1 Å². The molecule has 1 heterocycles. The number of aromatic nitrogens is 2. The Labute approximate surface area is 107 Å². The molecule has 0 aliphatic heterocycles. The van der Waals surface area contributed by atoms with Gasteiger partial charge in [-0.15, -0.1) is 0 Å². The number of halogens is 1. The number of rotatable bonds is 3. The number of carboxylic acid groups (broad SMARTS) is 1. The van der Waals surface area contributed by atoms with E-state index < -0.39 is 5.97 Å². The molecule has 2 aromatic rings. The van der Waals surface area contributed by atoms with Crippen molar-refractivity contribution in [2.24, 2.45) is 0 Å². The molecule has 0 atom stereocenters. The third-order valence-corrected chi connectivity index (χ3v) is 2.84. The minimum atomic E-state index is -0.889. The van der Waals surface area contributed by atoms with Crippen molar-refractivity contribution in [3.8, 4) is 11.3 Å². The molecule has 0 aliphatic rings. The van der Waals surface area contributed by atoms with Crippen LogP contribution >= 0.6 is 15.9 Å². The molecular weight excluding hydrogens is 284 g/mol. The number of carboxylic acids is 1. The molecule has 0 amide bonds. The number of hydrogen-bond donors (Lipinski definition) is 2. The minimum Gasteiger partial charge on any atom is -0.481 e.